The number of carbonyl (C=O) groups excluding carboxylic acids is 1. The van der Waals surface area contributed by atoms with Gasteiger partial charge >= 0.3 is 0 Å². The van der Waals surface area contributed by atoms with Crippen LogP contribution < -0.4 is 0 Å². The van der Waals surface area contributed by atoms with Gasteiger partial charge in [-0.15, -0.1) is 0 Å². The topological polar surface area (TPSA) is 38.7 Å². The summed E-state index contributed by atoms with van der Waals surface area (Å²) in [6, 6.07) is 12.5. The monoisotopic (exact) mass is 489 g/mol. The Morgan fingerprint density at radius 1 is 1.18 bits per heavy atom. The van der Waals surface area contributed by atoms with Gasteiger partial charge in [-0.1, -0.05) is 55.6 Å². The molecule has 4 heteroatoms. The van der Waals surface area contributed by atoms with Crippen LogP contribution in [0.3, 0.4) is 0 Å². The summed E-state index contributed by atoms with van der Waals surface area (Å²) in [5.41, 5.74) is 6.23. The molecular formula is C24H28INO2. The van der Waals surface area contributed by atoms with Crippen molar-refractivity contribution in [3.63, 3.8) is 0 Å². The van der Waals surface area contributed by atoms with E-state index in [9.17, 15) is 4.79 Å². The van der Waals surface area contributed by atoms with E-state index < -0.39 is 0 Å². The van der Waals surface area contributed by atoms with Crippen LogP contribution in [0.2, 0.25) is 0 Å². The molecule has 1 aliphatic carbocycles. The van der Waals surface area contributed by atoms with Crippen molar-refractivity contribution in [3.8, 4) is 0 Å². The summed E-state index contributed by atoms with van der Waals surface area (Å²) in [4.78, 5) is 16.7. The average Bonchev–Trinajstić information content (AvgIpc) is 2.73. The minimum atomic E-state index is 0.464. The van der Waals surface area contributed by atoms with Crippen LogP contribution in [0.15, 0.2) is 41.6 Å². The molecule has 0 radical (unpaired) electrons. The number of carbonyl (C=O) groups is 1. The predicted octanol–water partition coefficient (Wildman–Crippen LogP) is 6.65. The highest BCUT2D eigenvalue weighted by molar-refractivity contribution is 14.1. The molecule has 2 aromatic carbocycles. The highest BCUT2D eigenvalue weighted by Crippen LogP contribution is 2.35. The van der Waals surface area contributed by atoms with Gasteiger partial charge in [-0.2, -0.15) is 0 Å². The highest BCUT2D eigenvalue weighted by Gasteiger charge is 2.17. The first kappa shape index (κ1) is 21.0. The molecule has 2 aromatic rings. The molecule has 0 atom stereocenters. The number of rotatable bonds is 7. The van der Waals surface area contributed by atoms with Gasteiger partial charge in [0.05, 0.1) is 5.71 Å². The summed E-state index contributed by atoms with van der Waals surface area (Å²) in [7, 11) is 0. The quantitative estimate of drug-likeness (QED) is 0.189. The maximum Gasteiger partial charge on any atom is 0.150 e. The number of hydrogen-bond acceptors (Lipinski definition) is 3. The molecule has 0 N–H and O–H groups in total. The van der Waals surface area contributed by atoms with Crippen molar-refractivity contribution in [2.45, 2.75) is 64.9 Å². The lowest BCUT2D eigenvalue weighted by Gasteiger charge is -2.23. The zero-order valence-corrected chi connectivity index (χ0v) is 18.9. The van der Waals surface area contributed by atoms with Gasteiger partial charge in [-0.3, -0.25) is 4.79 Å². The summed E-state index contributed by atoms with van der Waals surface area (Å²) < 4.78 is 1.34. The summed E-state index contributed by atoms with van der Waals surface area (Å²) in [6.45, 7) is 4.45. The van der Waals surface area contributed by atoms with Gasteiger partial charge in [-0.05, 0) is 89.1 Å². The van der Waals surface area contributed by atoms with Crippen LogP contribution >= 0.6 is 22.6 Å². The van der Waals surface area contributed by atoms with E-state index in [1.54, 1.807) is 0 Å². The van der Waals surface area contributed by atoms with Crippen LogP contribution in [0.25, 0.3) is 0 Å². The summed E-state index contributed by atoms with van der Waals surface area (Å²) in [5.74, 6) is 0.720. The molecule has 1 fully saturated rings. The van der Waals surface area contributed by atoms with Crippen molar-refractivity contribution in [2.24, 2.45) is 5.16 Å². The number of halogens is 1. The number of aldehydes is 1. The lowest BCUT2D eigenvalue weighted by Crippen LogP contribution is -2.06. The second-order valence-electron chi connectivity index (χ2n) is 7.53. The predicted molar refractivity (Wildman–Crippen MR) is 123 cm³/mol. The Kier molecular flexibility index (Phi) is 7.65. The number of oxime groups is 1. The first-order chi connectivity index (χ1) is 13.6. The molecule has 3 nitrogen and oxygen atoms in total. The van der Waals surface area contributed by atoms with Crippen molar-refractivity contribution in [1.82, 2.24) is 0 Å². The Morgan fingerprint density at radius 3 is 2.64 bits per heavy atom. The van der Waals surface area contributed by atoms with E-state index in [0.717, 1.165) is 46.6 Å². The fourth-order valence-corrected chi connectivity index (χ4v) is 4.93. The molecule has 0 unspecified atom stereocenters. The fraction of sp³-hybridized carbons (Fsp3) is 0.417. The zero-order valence-electron chi connectivity index (χ0n) is 16.7. The lowest BCUT2D eigenvalue weighted by molar-refractivity contribution is 0.112. The second kappa shape index (κ2) is 10.2. The van der Waals surface area contributed by atoms with E-state index in [4.69, 9.17) is 4.84 Å². The van der Waals surface area contributed by atoms with Crippen molar-refractivity contribution in [2.75, 3.05) is 0 Å². The van der Waals surface area contributed by atoms with Gasteiger partial charge in [0.15, 0.2) is 0 Å². The van der Waals surface area contributed by atoms with E-state index in [0.29, 0.717) is 6.61 Å². The molecule has 0 spiro atoms. The summed E-state index contributed by atoms with van der Waals surface area (Å²) in [6.07, 6.45) is 8.45. The molecule has 3 rings (SSSR count). The Labute approximate surface area is 181 Å². The molecule has 1 aliphatic rings. The van der Waals surface area contributed by atoms with E-state index in [1.807, 2.05) is 32.0 Å². The van der Waals surface area contributed by atoms with Crippen molar-refractivity contribution in [3.05, 3.63) is 67.8 Å². The molecular weight excluding hydrogens is 461 g/mol. The minimum Gasteiger partial charge on any atom is -0.391 e. The molecule has 0 aliphatic heterocycles. The largest absolute Gasteiger partial charge is 0.391 e. The maximum absolute atomic E-state index is 11.1. The smallest absolute Gasteiger partial charge is 0.150 e. The third-order valence-corrected chi connectivity index (χ3v) is 6.55. The van der Waals surface area contributed by atoms with Crippen LogP contribution in [0.5, 0.6) is 0 Å². The third kappa shape index (κ3) is 5.22. The SMILES string of the molecule is CCc1cc(C(C)=NOCc2ccc(C3CCCCC3)c(I)c2)ccc1C=O. The summed E-state index contributed by atoms with van der Waals surface area (Å²) in [5, 5.41) is 4.29. The van der Waals surface area contributed by atoms with Gasteiger partial charge in [0.1, 0.15) is 12.9 Å². The van der Waals surface area contributed by atoms with Gasteiger partial charge in [0.25, 0.3) is 0 Å². The highest BCUT2D eigenvalue weighted by atomic mass is 127. The first-order valence-electron chi connectivity index (χ1n) is 10.2. The van der Waals surface area contributed by atoms with Crippen molar-refractivity contribution >= 4 is 34.6 Å². The normalized spacial score (nSPS) is 15.5. The van der Waals surface area contributed by atoms with E-state index in [1.165, 1.54) is 41.2 Å². The molecule has 148 valence electrons. The molecule has 1 saturated carbocycles. The minimum absolute atomic E-state index is 0.464. The Bertz CT molecular complexity index is 854. The van der Waals surface area contributed by atoms with Crippen LogP contribution in [0.1, 0.15) is 84.5 Å². The van der Waals surface area contributed by atoms with Crippen LogP contribution in [0.4, 0.5) is 0 Å². The van der Waals surface area contributed by atoms with Crippen LogP contribution in [-0.2, 0) is 17.9 Å². The van der Waals surface area contributed by atoms with Crippen LogP contribution in [-0.4, -0.2) is 12.0 Å². The Balaban J connectivity index is 1.63. The van der Waals surface area contributed by atoms with E-state index in [2.05, 4.69) is 45.9 Å². The average molecular weight is 489 g/mol. The Morgan fingerprint density at radius 2 is 1.96 bits per heavy atom. The Hall–Kier alpha value is -1.69. The molecule has 28 heavy (non-hydrogen) atoms. The molecule has 0 aromatic heterocycles. The van der Waals surface area contributed by atoms with Gasteiger partial charge in [-0.25, -0.2) is 0 Å². The van der Waals surface area contributed by atoms with E-state index in [-0.39, 0.29) is 0 Å². The van der Waals surface area contributed by atoms with Crippen LogP contribution in [0, 0.1) is 3.57 Å². The maximum atomic E-state index is 11.1. The summed E-state index contributed by atoms with van der Waals surface area (Å²) >= 11 is 2.46. The molecule has 0 bridgehead atoms. The standard InChI is InChI=1S/C24H28INO2/c1-3-19-14-21(10-11-22(19)15-27)17(2)26-28-16-18-9-12-23(24(25)13-18)20-7-5-4-6-8-20/h9-15,20H,3-8,16H2,1-2H3. The lowest BCUT2D eigenvalue weighted by atomic mass is 9.84. The molecule has 0 amide bonds. The number of benzene rings is 2. The number of aryl methyl sites for hydroxylation is 1. The van der Waals surface area contributed by atoms with Gasteiger partial charge in [0.2, 0.25) is 0 Å². The molecule has 0 saturated heterocycles. The van der Waals surface area contributed by atoms with E-state index >= 15 is 0 Å². The van der Waals surface area contributed by atoms with Crippen molar-refractivity contribution < 1.29 is 9.63 Å². The zero-order chi connectivity index (χ0) is 19.9. The second-order valence-corrected chi connectivity index (χ2v) is 8.69. The number of hydrogen-bond donors (Lipinski definition) is 0. The number of nitrogens with zero attached hydrogens (tertiary/aromatic N) is 1. The molecule has 0 heterocycles. The van der Waals surface area contributed by atoms with Crippen molar-refractivity contribution in [1.29, 1.82) is 0 Å². The van der Waals surface area contributed by atoms with Gasteiger partial charge in [0, 0.05) is 9.13 Å². The first-order valence-corrected chi connectivity index (χ1v) is 11.2. The van der Waals surface area contributed by atoms with Gasteiger partial charge < -0.3 is 4.84 Å². The fourth-order valence-electron chi connectivity index (χ4n) is 3.91. The third-order valence-electron chi connectivity index (χ3n) is 5.61.